The van der Waals surface area contributed by atoms with E-state index >= 15 is 0 Å². The summed E-state index contributed by atoms with van der Waals surface area (Å²) in [5.74, 6) is -1.37. The molecule has 0 aliphatic heterocycles. The number of carboxylic acid groups (broad SMARTS) is 1. The summed E-state index contributed by atoms with van der Waals surface area (Å²) in [4.78, 5) is 36.1. The first-order chi connectivity index (χ1) is 23.4. The van der Waals surface area contributed by atoms with Crippen molar-refractivity contribution in [3.05, 3.63) is 48.6 Å². The van der Waals surface area contributed by atoms with E-state index in [4.69, 9.17) is 10.5 Å². The van der Waals surface area contributed by atoms with Crippen molar-refractivity contribution in [1.29, 1.82) is 0 Å². The Balaban J connectivity index is 4.21. The van der Waals surface area contributed by atoms with E-state index < -0.39 is 12.0 Å². The van der Waals surface area contributed by atoms with Crippen molar-refractivity contribution in [3.8, 4) is 0 Å². The Hall–Kier alpha value is -2.67. The molecule has 0 aromatic carbocycles. The number of rotatable bonds is 34. The van der Waals surface area contributed by atoms with Gasteiger partial charge in [0.1, 0.15) is 12.1 Å². The van der Waals surface area contributed by atoms with Gasteiger partial charge in [0.25, 0.3) is 0 Å². The molecule has 0 radical (unpaired) electrons. The van der Waals surface area contributed by atoms with Crippen LogP contribution >= 0.6 is 0 Å². The van der Waals surface area contributed by atoms with Crippen molar-refractivity contribution in [2.45, 2.75) is 187 Å². The first-order valence-corrected chi connectivity index (χ1v) is 19.5. The Morgan fingerprint density at radius 2 is 1.19 bits per heavy atom. The molecule has 0 aliphatic carbocycles. The maximum atomic E-state index is 12.6. The maximum Gasteiger partial charge on any atom is 0.326 e. The summed E-state index contributed by atoms with van der Waals surface area (Å²) in [6.07, 6.45) is 41.8. The topological polar surface area (TPSA) is 119 Å². The minimum absolute atomic E-state index is 0.118. The van der Waals surface area contributed by atoms with Crippen LogP contribution in [0.2, 0.25) is 0 Å². The van der Waals surface area contributed by atoms with Crippen LogP contribution in [0.25, 0.3) is 0 Å². The molecule has 276 valence electrons. The molecule has 7 nitrogen and oxygen atoms in total. The molecular formula is C41H72N2O5. The van der Waals surface area contributed by atoms with Gasteiger partial charge in [-0.05, 0) is 96.1 Å². The molecule has 0 saturated heterocycles. The molecule has 4 N–H and O–H groups in total. The van der Waals surface area contributed by atoms with Crippen molar-refractivity contribution >= 4 is 17.8 Å². The lowest BCUT2D eigenvalue weighted by atomic mass is 10.1. The van der Waals surface area contributed by atoms with Gasteiger partial charge < -0.3 is 20.9 Å². The SMILES string of the molecule is CCC/C=C\C/C=C\C(CCCCCCC(=O)NC(CCCN)C(=O)O)OC(=O)CCCCCCCCC/C=C\C/C=C\CCCCC. The van der Waals surface area contributed by atoms with Gasteiger partial charge in [0, 0.05) is 12.8 Å². The molecule has 2 unspecified atom stereocenters. The minimum Gasteiger partial charge on any atom is -0.480 e. The van der Waals surface area contributed by atoms with E-state index in [-0.39, 0.29) is 18.0 Å². The van der Waals surface area contributed by atoms with Crippen LogP contribution in [0.1, 0.15) is 174 Å². The summed E-state index contributed by atoms with van der Waals surface area (Å²) < 4.78 is 5.86. The normalized spacial score (nSPS) is 13.2. The molecule has 7 heteroatoms. The highest BCUT2D eigenvalue weighted by molar-refractivity contribution is 5.83. The number of unbranched alkanes of at least 4 members (excludes halogenated alkanes) is 14. The second-order valence-electron chi connectivity index (χ2n) is 13.0. The average molecular weight is 673 g/mol. The number of hydrogen-bond donors (Lipinski definition) is 3. The van der Waals surface area contributed by atoms with E-state index in [2.05, 4.69) is 61.7 Å². The van der Waals surface area contributed by atoms with Crippen LogP contribution in [0.4, 0.5) is 0 Å². The second-order valence-corrected chi connectivity index (χ2v) is 13.0. The number of carbonyl (C=O) groups is 3. The molecule has 0 fully saturated rings. The van der Waals surface area contributed by atoms with Crippen LogP contribution in [0.15, 0.2) is 48.6 Å². The van der Waals surface area contributed by atoms with Crippen molar-refractivity contribution in [1.82, 2.24) is 5.32 Å². The van der Waals surface area contributed by atoms with Crippen LogP contribution < -0.4 is 11.1 Å². The Morgan fingerprint density at radius 1 is 0.625 bits per heavy atom. The minimum atomic E-state index is -1.02. The third kappa shape index (κ3) is 31.9. The van der Waals surface area contributed by atoms with Crippen molar-refractivity contribution in [2.24, 2.45) is 5.73 Å². The molecule has 0 bridgehead atoms. The summed E-state index contributed by atoms with van der Waals surface area (Å²) in [7, 11) is 0. The van der Waals surface area contributed by atoms with Crippen LogP contribution in [-0.2, 0) is 19.1 Å². The molecule has 0 heterocycles. The zero-order valence-corrected chi connectivity index (χ0v) is 30.8. The summed E-state index contributed by atoms with van der Waals surface area (Å²) in [6, 6.07) is -0.875. The molecular weight excluding hydrogens is 600 g/mol. The number of hydrogen-bond acceptors (Lipinski definition) is 5. The fraction of sp³-hybridized carbons (Fsp3) is 0.732. The zero-order chi connectivity index (χ0) is 35.3. The van der Waals surface area contributed by atoms with Crippen molar-refractivity contribution < 1.29 is 24.2 Å². The zero-order valence-electron chi connectivity index (χ0n) is 30.8. The number of nitrogens with one attached hydrogen (secondary N) is 1. The van der Waals surface area contributed by atoms with Gasteiger partial charge in [-0.3, -0.25) is 9.59 Å². The molecule has 0 spiro atoms. The van der Waals surface area contributed by atoms with Gasteiger partial charge in [-0.2, -0.15) is 0 Å². The fourth-order valence-corrected chi connectivity index (χ4v) is 5.38. The van der Waals surface area contributed by atoms with Crippen LogP contribution in [-0.4, -0.2) is 41.6 Å². The highest BCUT2D eigenvalue weighted by Gasteiger charge is 2.19. The molecule has 1 amide bonds. The van der Waals surface area contributed by atoms with Gasteiger partial charge in [-0.25, -0.2) is 4.79 Å². The number of amides is 1. The molecule has 0 aliphatic rings. The number of nitrogens with two attached hydrogens (primary N) is 1. The number of allylic oxidation sites excluding steroid dienone is 7. The molecule has 0 rings (SSSR count). The van der Waals surface area contributed by atoms with E-state index in [1.807, 2.05) is 6.08 Å². The number of aliphatic carboxylic acids is 1. The van der Waals surface area contributed by atoms with E-state index in [9.17, 15) is 19.5 Å². The van der Waals surface area contributed by atoms with Crippen molar-refractivity contribution in [2.75, 3.05) is 6.54 Å². The summed E-state index contributed by atoms with van der Waals surface area (Å²) in [6.45, 7) is 4.80. The van der Waals surface area contributed by atoms with Crippen LogP contribution in [0.3, 0.4) is 0 Å². The van der Waals surface area contributed by atoms with E-state index in [0.717, 1.165) is 64.2 Å². The monoisotopic (exact) mass is 673 g/mol. The Kier molecular flexibility index (Phi) is 33.7. The Bertz CT molecular complexity index is 895. The molecule has 0 aromatic heterocycles. The van der Waals surface area contributed by atoms with E-state index in [1.165, 1.54) is 64.2 Å². The lowest BCUT2D eigenvalue weighted by molar-refractivity contribution is -0.147. The smallest absolute Gasteiger partial charge is 0.326 e. The van der Waals surface area contributed by atoms with Gasteiger partial charge in [0.2, 0.25) is 5.91 Å². The highest BCUT2D eigenvalue weighted by Crippen LogP contribution is 2.15. The maximum absolute atomic E-state index is 12.6. The predicted octanol–water partition coefficient (Wildman–Crippen LogP) is 10.4. The lowest BCUT2D eigenvalue weighted by Crippen LogP contribution is -2.40. The standard InChI is InChI=1S/C41H72N2O5/c1-3-5-7-9-11-12-13-14-15-16-17-18-19-20-21-23-29-35-40(45)48-37(31-26-22-10-8-6-4-2)32-27-24-25-28-34-39(44)43-38(41(46)47)33-30-36-42/h8,10-12,14-15,26,31,37-38H,3-7,9,13,16-25,27-30,32-36,42H2,1-2H3,(H,43,44)(H,46,47)/b10-8-,12-11-,15-14-,31-26-. The first kappa shape index (κ1) is 45.3. The molecule has 0 saturated carbocycles. The quantitative estimate of drug-likeness (QED) is 0.0356. The fourth-order valence-electron chi connectivity index (χ4n) is 5.38. The molecule has 2 atom stereocenters. The van der Waals surface area contributed by atoms with Crippen molar-refractivity contribution in [3.63, 3.8) is 0 Å². The third-order valence-corrected chi connectivity index (χ3v) is 8.33. The van der Waals surface area contributed by atoms with Crippen LogP contribution in [0.5, 0.6) is 0 Å². The second kappa shape index (κ2) is 35.6. The third-order valence-electron chi connectivity index (χ3n) is 8.33. The Labute approximate surface area is 294 Å². The summed E-state index contributed by atoms with van der Waals surface area (Å²) >= 11 is 0. The van der Waals surface area contributed by atoms with Gasteiger partial charge in [-0.1, -0.05) is 121 Å². The number of ether oxygens (including phenoxy) is 1. The van der Waals surface area contributed by atoms with Gasteiger partial charge in [-0.15, -0.1) is 0 Å². The lowest BCUT2D eigenvalue weighted by Gasteiger charge is -2.15. The van der Waals surface area contributed by atoms with Gasteiger partial charge in [0.05, 0.1) is 0 Å². The molecule has 0 aromatic rings. The van der Waals surface area contributed by atoms with Crippen LogP contribution in [0, 0.1) is 0 Å². The van der Waals surface area contributed by atoms with Gasteiger partial charge >= 0.3 is 11.9 Å². The summed E-state index contributed by atoms with van der Waals surface area (Å²) in [5.41, 5.74) is 5.46. The first-order valence-electron chi connectivity index (χ1n) is 19.5. The summed E-state index contributed by atoms with van der Waals surface area (Å²) in [5, 5.41) is 11.9. The van der Waals surface area contributed by atoms with E-state index in [0.29, 0.717) is 38.6 Å². The average Bonchev–Trinajstić information content (AvgIpc) is 3.07. The van der Waals surface area contributed by atoms with Gasteiger partial charge in [0.15, 0.2) is 0 Å². The highest BCUT2D eigenvalue weighted by atomic mass is 16.5. The number of carboxylic acids is 1. The van der Waals surface area contributed by atoms with E-state index in [1.54, 1.807) is 0 Å². The molecule has 48 heavy (non-hydrogen) atoms. The predicted molar refractivity (Wildman–Crippen MR) is 202 cm³/mol. The number of carbonyl (C=O) groups excluding carboxylic acids is 2. The number of esters is 1. The largest absolute Gasteiger partial charge is 0.480 e. The Morgan fingerprint density at radius 3 is 1.81 bits per heavy atom.